The normalized spacial score (nSPS) is 16.2. The van der Waals surface area contributed by atoms with E-state index in [0.29, 0.717) is 0 Å². The average molecular weight is 198 g/mol. The maximum absolute atomic E-state index is 11.8. The zero-order chi connectivity index (χ0) is 9.42. The number of thioether (sulfide) groups is 1. The predicted octanol–water partition coefficient (Wildman–Crippen LogP) is 1.55. The molecular weight excluding hydrogens is 184 g/mol. The van der Waals surface area contributed by atoms with E-state index in [1.54, 1.807) is 4.68 Å². The molecule has 0 bridgehead atoms. The molecule has 0 radical (unpaired) electrons. The second-order valence-electron chi connectivity index (χ2n) is 3.64. The molecule has 1 N–H and O–H groups in total. The summed E-state index contributed by atoms with van der Waals surface area (Å²) in [5.74, 6) is 2.01. The van der Waals surface area contributed by atoms with Crippen molar-refractivity contribution >= 4 is 11.8 Å². The summed E-state index contributed by atoms with van der Waals surface area (Å²) in [5, 5.41) is 3.19. The van der Waals surface area contributed by atoms with Crippen molar-refractivity contribution < 1.29 is 0 Å². The largest absolute Gasteiger partial charge is 0.299 e. The van der Waals surface area contributed by atoms with Crippen LogP contribution in [0.25, 0.3) is 0 Å². The highest BCUT2D eigenvalue weighted by Crippen LogP contribution is 2.20. The van der Waals surface area contributed by atoms with E-state index < -0.39 is 0 Å². The van der Waals surface area contributed by atoms with E-state index in [0.717, 1.165) is 29.2 Å². The van der Waals surface area contributed by atoms with Gasteiger partial charge in [0.25, 0.3) is 5.56 Å². The summed E-state index contributed by atoms with van der Waals surface area (Å²) in [6.45, 7) is 4.05. The van der Waals surface area contributed by atoms with Crippen LogP contribution in [-0.4, -0.2) is 15.5 Å². The topological polar surface area (TPSA) is 37.8 Å². The highest BCUT2D eigenvalue weighted by molar-refractivity contribution is 7.98. The van der Waals surface area contributed by atoms with E-state index in [1.165, 1.54) is 0 Å². The van der Waals surface area contributed by atoms with Crippen molar-refractivity contribution in [3.05, 3.63) is 21.6 Å². The quantitative estimate of drug-likeness (QED) is 0.743. The van der Waals surface area contributed by atoms with Gasteiger partial charge in [-0.1, -0.05) is 0 Å². The van der Waals surface area contributed by atoms with Crippen LogP contribution in [0.3, 0.4) is 0 Å². The van der Waals surface area contributed by atoms with Gasteiger partial charge < -0.3 is 0 Å². The molecule has 0 aliphatic carbocycles. The van der Waals surface area contributed by atoms with Gasteiger partial charge in [-0.2, -0.15) is 11.8 Å². The van der Waals surface area contributed by atoms with Crippen LogP contribution >= 0.6 is 11.8 Å². The lowest BCUT2D eigenvalue weighted by Gasteiger charge is -2.07. The van der Waals surface area contributed by atoms with Crippen LogP contribution in [0.2, 0.25) is 0 Å². The molecular formula is C9H14N2OS. The Kier molecular flexibility index (Phi) is 2.24. The van der Waals surface area contributed by atoms with E-state index in [9.17, 15) is 4.79 Å². The third-order valence-corrected chi connectivity index (χ3v) is 3.34. The molecule has 0 spiro atoms. The van der Waals surface area contributed by atoms with Gasteiger partial charge in [-0.25, -0.2) is 0 Å². The minimum absolute atomic E-state index is 0.178. The number of rotatable bonds is 1. The van der Waals surface area contributed by atoms with Crippen molar-refractivity contribution in [3.63, 3.8) is 0 Å². The highest BCUT2D eigenvalue weighted by Gasteiger charge is 2.18. The minimum Gasteiger partial charge on any atom is -0.299 e. The lowest BCUT2D eigenvalue weighted by Crippen LogP contribution is -2.20. The van der Waals surface area contributed by atoms with Crippen molar-refractivity contribution in [3.8, 4) is 0 Å². The molecule has 1 aromatic rings. The Hall–Kier alpha value is -0.640. The number of aromatic amines is 1. The molecule has 13 heavy (non-hydrogen) atoms. The molecule has 0 aromatic carbocycles. The lowest BCUT2D eigenvalue weighted by molar-refractivity contribution is 0.512. The van der Waals surface area contributed by atoms with E-state index in [2.05, 4.69) is 5.10 Å². The summed E-state index contributed by atoms with van der Waals surface area (Å²) < 4.78 is 1.73. The summed E-state index contributed by atoms with van der Waals surface area (Å²) in [6, 6.07) is 0.239. The standard InChI is InChI=1S/C9H14N2OS/c1-6(2)11-9(12)7-5-13-4-3-8(7)10-11/h6,10H,3-5H2,1-2H3. The zero-order valence-corrected chi connectivity index (χ0v) is 8.78. The van der Waals surface area contributed by atoms with E-state index in [1.807, 2.05) is 25.6 Å². The summed E-state index contributed by atoms with van der Waals surface area (Å²) >= 11 is 1.84. The van der Waals surface area contributed by atoms with Gasteiger partial charge >= 0.3 is 0 Å². The number of H-pyrrole nitrogens is 1. The molecule has 0 fully saturated rings. The number of nitrogens with one attached hydrogen (secondary N) is 1. The Labute approximate surface area is 81.5 Å². The fourth-order valence-electron chi connectivity index (χ4n) is 1.61. The Morgan fingerprint density at radius 3 is 2.92 bits per heavy atom. The summed E-state index contributed by atoms with van der Waals surface area (Å²) in [6.07, 6.45) is 1.01. The molecule has 0 amide bonds. The Bertz CT molecular complexity index is 364. The Morgan fingerprint density at radius 1 is 1.54 bits per heavy atom. The van der Waals surface area contributed by atoms with Gasteiger partial charge in [-0.3, -0.25) is 14.6 Å². The molecule has 0 atom stereocenters. The third kappa shape index (κ3) is 1.43. The summed E-state index contributed by atoms with van der Waals surface area (Å²) in [5.41, 5.74) is 2.32. The van der Waals surface area contributed by atoms with Gasteiger partial charge in [-0.05, 0) is 26.0 Å². The second kappa shape index (κ2) is 3.25. The van der Waals surface area contributed by atoms with Crippen molar-refractivity contribution in [2.45, 2.75) is 32.1 Å². The first-order valence-electron chi connectivity index (χ1n) is 4.60. The van der Waals surface area contributed by atoms with Crippen LogP contribution in [0.4, 0.5) is 0 Å². The van der Waals surface area contributed by atoms with Crippen LogP contribution in [-0.2, 0) is 12.2 Å². The van der Waals surface area contributed by atoms with Gasteiger partial charge in [0.2, 0.25) is 0 Å². The monoisotopic (exact) mass is 198 g/mol. The number of hydrogen-bond acceptors (Lipinski definition) is 2. The minimum atomic E-state index is 0.178. The van der Waals surface area contributed by atoms with Gasteiger partial charge in [0, 0.05) is 23.1 Å². The molecule has 72 valence electrons. The van der Waals surface area contributed by atoms with Crippen molar-refractivity contribution in [1.29, 1.82) is 0 Å². The van der Waals surface area contributed by atoms with E-state index >= 15 is 0 Å². The zero-order valence-electron chi connectivity index (χ0n) is 7.96. The first kappa shape index (κ1) is 8.94. The Morgan fingerprint density at radius 2 is 2.31 bits per heavy atom. The number of aromatic nitrogens is 2. The maximum atomic E-state index is 11.8. The average Bonchev–Trinajstić information content (AvgIpc) is 2.45. The molecule has 1 aliphatic rings. The molecule has 1 aliphatic heterocycles. The molecule has 0 saturated heterocycles. The molecule has 2 heterocycles. The molecule has 3 nitrogen and oxygen atoms in total. The highest BCUT2D eigenvalue weighted by atomic mass is 32.2. The maximum Gasteiger partial charge on any atom is 0.271 e. The number of hydrogen-bond donors (Lipinski definition) is 1. The van der Waals surface area contributed by atoms with Crippen LogP contribution in [0, 0.1) is 0 Å². The fraction of sp³-hybridized carbons (Fsp3) is 0.667. The van der Waals surface area contributed by atoms with Gasteiger partial charge in [0.15, 0.2) is 0 Å². The van der Waals surface area contributed by atoms with Gasteiger partial charge in [0.05, 0.1) is 0 Å². The molecule has 1 aromatic heterocycles. The third-order valence-electron chi connectivity index (χ3n) is 2.36. The van der Waals surface area contributed by atoms with Crippen LogP contribution in [0.5, 0.6) is 0 Å². The van der Waals surface area contributed by atoms with Gasteiger partial charge in [0.1, 0.15) is 0 Å². The first-order chi connectivity index (χ1) is 6.20. The summed E-state index contributed by atoms with van der Waals surface area (Å²) in [7, 11) is 0. The van der Waals surface area contributed by atoms with Gasteiger partial charge in [-0.15, -0.1) is 0 Å². The number of aryl methyl sites for hydroxylation is 1. The van der Waals surface area contributed by atoms with Crippen LogP contribution < -0.4 is 5.56 Å². The molecule has 0 saturated carbocycles. The van der Waals surface area contributed by atoms with E-state index in [4.69, 9.17) is 0 Å². The van der Waals surface area contributed by atoms with Crippen LogP contribution in [0.1, 0.15) is 31.1 Å². The Balaban J connectivity index is 2.51. The van der Waals surface area contributed by atoms with Crippen molar-refractivity contribution in [2.75, 3.05) is 5.75 Å². The second-order valence-corrected chi connectivity index (χ2v) is 4.75. The fourth-order valence-corrected chi connectivity index (χ4v) is 2.60. The lowest BCUT2D eigenvalue weighted by atomic mass is 10.2. The molecule has 0 unspecified atom stereocenters. The predicted molar refractivity (Wildman–Crippen MR) is 55.3 cm³/mol. The first-order valence-corrected chi connectivity index (χ1v) is 5.75. The smallest absolute Gasteiger partial charge is 0.271 e. The SMILES string of the molecule is CC(C)n1[nH]c2c(c1=O)CSCC2. The van der Waals surface area contributed by atoms with Crippen molar-refractivity contribution in [1.82, 2.24) is 9.78 Å². The molecule has 4 heteroatoms. The molecule has 2 rings (SSSR count). The number of nitrogens with zero attached hydrogens (tertiary/aromatic N) is 1. The van der Waals surface area contributed by atoms with E-state index in [-0.39, 0.29) is 11.6 Å². The number of fused-ring (bicyclic) bond motifs is 1. The van der Waals surface area contributed by atoms with Crippen LogP contribution in [0.15, 0.2) is 4.79 Å². The van der Waals surface area contributed by atoms with Crippen molar-refractivity contribution in [2.24, 2.45) is 0 Å². The summed E-state index contributed by atoms with van der Waals surface area (Å²) in [4.78, 5) is 11.8.